The molecule has 0 atom stereocenters. The Kier molecular flexibility index (Phi) is 6.04. The van der Waals surface area contributed by atoms with E-state index in [1.165, 1.54) is 0 Å². The minimum atomic E-state index is 0.601. The Balaban J connectivity index is 1.97. The fourth-order valence-corrected chi connectivity index (χ4v) is 2.62. The number of rotatable bonds is 5. The van der Waals surface area contributed by atoms with Gasteiger partial charge in [-0.25, -0.2) is 0 Å². The summed E-state index contributed by atoms with van der Waals surface area (Å²) in [4.78, 5) is 4.23. The van der Waals surface area contributed by atoms with Crippen LogP contribution < -0.4 is 15.4 Å². The lowest BCUT2D eigenvalue weighted by molar-refractivity contribution is 0.392. The molecule has 23 heavy (non-hydrogen) atoms. The highest BCUT2D eigenvalue weighted by Gasteiger charge is 2.10. The van der Waals surface area contributed by atoms with Gasteiger partial charge in [0.1, 0.15) is 11.5 Å². The second-order valence-electron chi connectivity index (χ2n) is 5.04. The van der Waals surface area contributed by atoms with Crippen molar-refractivity contribution in [1.29, 1.82) is 0 Å². The molecule has 2 N–H and O–H groups in total. The van der Waals surface area contributed by atoms with Crippen molar-refractivity contribution in [3.63, 3.8) is 0 Å². The number of benzene rings is 1. The van der Waals surface area contributed by atoms with Crippen LogP contribution in [0.1, 0.15) is 22.6 Å². The second-order valence-corrected chi connectivity index (χ2v) is 5.95. The molecule has 0 bridgehead atoms. The first-order valence-electron chi connectivity index (χ1n) is 7.23. The maximum atomic E-state index is 5.37. The van der Waals surface area contributed by atoms with Crippen LogP contribution in [0.15, 0.2) is 32.2 Å². The number of nitrogens with one attached hydrogen (secondary N) is 2. The molecule has 7 heteroatoms. The fourth-order valence-electron chi connectivity index (χ4n) is 2.21. The van der Waals surface area contributed by atoms with Gasteiger partial charge in [0.2, 0.25) is 0 Å². The van der Waals surface area contributed by atoms with E-state index in [2.05, 4.69) is 36.7 Å². The highest BCUT2D eigenvalue weighted by atomic mass is 79.9. The van der Waals surface area contributed by atoms with Crippen LogP contribution in [-0.4, -0.2) is 25.3 Å². The van der Waals surface area contributed by atoms with Crippen LogP contribution in [0.2, 0.25) is 0 Å². The topological polar surface area (TPSA) is 71.7 Å². The Morgan fingerprint density at radius 3 is 2.65 bits per heavy atom. The molecule has 1 aromatic heterocycles. The third-order valence-corrected chi connectivity index (χ3v) is 4.02. The SMILES string of the molecule is CN=C(NCc1cc(Br)ccc1OC)NCc1c(C)noc1C. The van der Waals surface area contributed by atoms with Crippen molar-refractivity contribution < 1.29 is 9.26 Å². The van der Waals surface area contributed by atoms with E-state index in [-0.39, 0.29) is 0 Å². The molecule has 1 heterocycles. The van der Waals surface area contributed by atoms with E-state index in [1.807, 2.05) is 32.0 Å². The maximum absolute atomic E-state index is 5.37. The summed E-state index contributed by atoms with van der Waals surface area (Å²) < 4.78 is 11.5. The van der Waals surface area contributed by atoms with Crippen molar-refractivity contribution in [2.75, 3.05) is 14.2 Å². The molecule has 0 fully saturated rings. The number of hydrogen-bond acceptors (Lipinski definition) is 4. The molecule has 0 amide bonds. The zero-order valence-corrected chi connectivity index (χ0v) is 15.3. The van der Waals surface area contributed by atoms with E-state index in [1.54, 1.807) is 14.2 Å². The predicted molar refractivity (Wildman–Crippen MR) is 93.7 cm³/mol. The quantitative estimate of drug-likeness (QED) is 0.616. The van der Waals surface area contributed by atoms with Crippen molar-refractivity contribution >= 4 is 21.9 Å². The molecule has 0 aliphatic carbocycles. The maximum Gasteiger partial charge on any atom is 0.191 e. The van der Waals surface area contributed by atoms with Crippen molar-refractivity contribution in [3.8, 4) is 5.75 Å². The van der Waals surface area contributed by atoms with Gasteiger partial charge in [-0.3, -0.25) is 4.99 Å². The molecule has 0 saturated heterocycles. The third-order valence-electron chi connectivity index (χ3n) is 3.53. The van der Waals surface area contributed by atoms with E-state index in [0.29, 0.717) is 19.0 Å². The summed E-state index contributed by atoms with van der Waals surface area (Å²) in [5.74, 6) is 2.35. The van der Waals surface area contributed by atoms with Crippen LogP contribution in [0.3, 0.4) is 0 Å². The van der Waals surface area contributed by atoms with Gasteiger partial charge in [0.05, 0.1) is 12.8 Å². The van der Waals surface area contributed by atoms with Crippen molar-refractivity contribution in [2.24, 2.45) is 4.99 Å². The molecule has 0 radical (unpaired) electrons. The van der Waals surface area contributed by atoms with Crippen LogP contribution in [0, 0.1) is 13.8 Å². The Bertz CT molecular complexity index is 678. The molecule has 0 spiro atoms. The number of guanidine groups is 1. The lowest BCUT2D eigenvalue weighted by Gasteiger charge is -2.14. The molecule has 1 aromatic carbocycles. The molecule has 0 aliphatic rings. The first-order valence-corrected chi connectivity index (χ1v) is 8.03. The molecular formula is C16H21BrN4O2. The smallest absolute Gasteiger partial charge is 0.191 e. The average Bonchev–Trinajstić information content (AvgIpc) is 2.86. The molecule has 124 valence electrons. The van der Waals surface area contributed by atoms with Crippen LogP contribution in [0.25, 0.3) is 0 Å². The first kappa shape index (κ1) is 17.3. The summed E-state index contributed by atoms with van der Waals surface area (Å²) in [6, 6.07) is 5.90. The van der Waals surface area contributed by atoms with Crippen LogP contribution in [-0.2, 0) is 13.1 Å². The number of aryl methyl sites for hydroxylation is 2. The monoisotopic (exact) mass is 380 g/mol. The lowest BCUT2D eigenvalue weighted by atomic mass is 10.2. The van der Waals surface area contributed by atoms with Gasteiger partial charge >= 0.3 is 0 Å². The van der Waals surface area contributed by atoms with Gasteiger partial charge in [0.25, 0.3) is 0 Å². The van der Waals surface area contributed by atoms with Gasteiger partial charge in [-0.1, -0.05) is 21.1 Å². The van der Waals surface area contributed by atoms with Crippen molar-refractivity contribution in [2.45, 2.75) is 26.9 Å². The number of aliphatic imine (C=N–C) groups is 1. The van der Waals surface area contributed by atoms with E-state index in [0.717, 1.165) is 32.8 Å². The van der Waals surface area contributed by atoms with Crippen molar-refractivity contribution in [3.05, 3.63) is 45.3 Å². The Morgan fingerprint density at radius 1 is 1.30 bits per heavy atom. The van der Waals surface area contributed by atoms with Gasteiger partial charge in [-0.05, 0) is 32.0 Å². The molecule has 6 nitrogen and oxygen atoms in total. The number of halogens is 1. The van der Waals surface area contributed by atoms with Gasteiger partial charge in [-0.2, -0.15) is 0 Å². The molecule has 2 rings (SSSR count). The minimum absolute atomic E-state index is 0.601. The molecule has 0 aliphatic heterocycles. The van der Waals surface area contributed by atoms with Gasteiger partial charge in [-0.15, -0.1) is 0 Å². The number of methoxy groups -OCH3 is 1. The van der Waals surface area contributed by atoms with E-state index in [9.17, 15) is 0 Å². The fraction of sp³-hybridized carbons (Fsp3) is 0.375. The minimum Gasteiger partial charge on any atom is -0.496 e. The van der Waals surface area contributed by atoms with Crippen LogP contribution >= 0.6 is 15.9 Å². The molecule has 2 aromatic rings. The van der Waals surface area contributed by atoms with Crippen LogP contribution in [0.5, 0.6) is 5.75 Å². The highest BCUT2D eigenvalue weighted by molar-refractivity contribution is 9.10. The Hall–Kier alpha value is -2.02. The summed E-state index contributed by atoms with van der Waals surface area (Å²) in [6.07, 6.45) is 0. The van der Waals surface area contributed by atoms with E-state index in [4.69, 9.17) is 9.26 Å². The average molecular weight is 381 g/mol. The van der Waals surface area contributed by atoms with E-state index < -0.39 is 0 Å². The zero-order chi connectivity index (χ0) is 16.8. The normalized spacial score (nSPS) is 11.4. The first-order chi connectivity index (χ1) is 11.0. The number of hydrogen-bond donors (Lipinski definition) is 2. The standard InChI is InChI=1S/C16H21BrN4O2/c1-10-14(11(2)23-21-10)9-20-16(18-3)19-8-12-7-13(17)5-6-15(12)22-4/h5-7H,8-9H2,1-4H3,(H2,18,19,20). The zero-order valence-electron chi connectivity index (χ0n) is 13.7. The number of ether oxygens (including phenoxy) is 1. The molecular weight excluding hydrogens is 360 g/mol. The predicted octanol–water partition coefficient (Wildman–Crippen LogP) is 2.93. The highest BCUT2D eigenvalue weighted by Crippen LogP contribution is 2.22. The van der Waals surface area contributed by atoms with Gasteiger partial charge in [0.15, 0.2) is 5.96 Å². The summed E-state index contributed by atoms with van der Waals surface area (Å²) in [5, 5.41) is 10.5. The molecule has 0 unspecified atom stereocenters. The summed E-state index contributed by atoms with van der Waals surface area (Å²) >= 11 is 3.48. The summed E-state index contributed by atoms with van der Waals surface area (Å²) in [5.41, 5.74) is 2.98. The van der Waals surface area contributed by atoms with Gasteiger partial charge < -0.3 is 19.9 Å². The third kappa shape index (κ3) is 4.48. The number of nitrogens with zero attached hydrogens (tertiary/aromatic N) is 2. The van der Waals surface area contributed by atoms with Crippen molar-refractivity contribution in [1.82, 2.24) is 15.8 Å². The largest absolute Gasteiger partial charge is 0.496 e. The number of aromatic nitrogens is 1. The summed E-state index contributed by atoms with van der Waals surface area (Å²) in [7, 11) is 3.40. The Labute approximate surface area is 144 Å². The van der Waals surface area contributed by atoms with Crippen LogP contribution in [0.4, 0.5) is 0 Å². The second kappa shape index (κ2) is 8.01. The lowest BCUT2D eigenvalue weighted by Crippen LogP contribution is -2.36. The van der Waals surface area contributed by atoms with Gasteiger partial charge in [0, 0.05) is 35.7 Å². The molecule has 0 saturated carbocycles. The van der Waals surface area contributed by atoms with E-state index >= 15 is 0 Å². The Morgan fingerprint density at radius 2 is 2.04 bits per heavy atom. The summed E-state index contributed by atoms with van der Waals surface area (Å²) in [6.45, 7) is 5.04.